The lowest BCUT2D eigenvalue weighted by atomic mass is 10.1. The number of nitrogens with one attached hydrogen (secondary N) is 1. The summed E-state index contributed by atoms with van der Waals surface area (Å²) in [6.45, 7) is 5.06. The molecule has 0 bridgehead atoms. The fraction of sp³-hybridized carbons (Fsp3) is 0.438. The lowest BCUT2D eigenvalue weighted by Crippen LogP contribution is -2.32. The van der Waals surface area contributed by atoms with Crippen molar-refractivity contribution in [2.45, 2.75) is 26.4 Å². The highest BCUT2D eigenvalue weighted by Gasteiger charge is 2.33. The Balaban J connectivity index is 1.74. The van der Waals surface area contributed by atoms with Gasteiger partial charge in [0.15, 0.2) is 0 Å². The summed E-state index contributed by atoms with van der Waals surface area (Å²) in [6.07, 6.45) is 0.239. The molecule has 1 aromatic rings. The molecule has 0 saturated carbocycles. The van der Waals surface area contributed by atoms with Crippen LogP contribution < -0.4 is 15.1 Å². The van der Waals surface area contributed by atoms with Gasteiger partial charge in [-0.2, -0.15) is 0 Å². The Kier molecular flexibility index (Phi) is 4.21. The van der Waals surface area contributed by atoms with Crippen LogP contribution in [0, 0.1) is 0 Å². The molecular formula is C16H19N3O3S. The van der Waals surface area contributed by atoms with E-state index in [1.807, 2.05) is 18.2 Å². The van der Waals surface area contributed by atoms with Gasteiger partial charge in [0.1, 0.15) is 6.10 Å². The fourth-order valence-corrected chi connectivity index (χ4v) is 3.06. The van der Waals surface area contributed by atoms with E-state index in [0.29, 0.717) is 24.6 Å². The number of benzene rings is 1. The van der Waals surface area contributed by atoms with Crippen LogP contribution >= 0.6 is 12.2 Å². The molecule has 0 aromatic heterocycles. The molecule has 122 valence electrons. The van der Waals surface area contributed by atoms with Crippen LogP contribution in [-0.4, -0.2) is 42.7 Å². The zero-order chi connectivity index (χ0) is 16.6. The summed E-state index contributed by atoms with van der Waals surface area (Å²) in [7, 11) is 0. The number of carbonyl (C=O) groups excluding carboxylic acids is 2. The van der Waals surface area contributed by atoms with Gasteiger partial charge in [-0.25, -0.2) is 4.79 Å². The van der Waals surface area contributed by atoms with Crippen molar-refractivity contribution < 1.29 is 14.3 Å². The summed E-state index contributed by atoms with van der Waals surface area (Å²) < 4.78 is 5.36. The van der Waals surface area contributed by atoms with Crippen molar-refractivity contribution in [2.24, 2.45) is 0 Å². The van der Waals surface area contributed by atoms with E-state index in [2.05, 4.69) is 5.32 Å². The van der Waals surface area contributed by atoms with E-state index in [9.17, 15) is 9.59 Å². The molecular weight excluding hydrogens is 314 g/mol. The van der Waals surface area contributed by atoms with Gasteiger partial charge in [-0.15, -0.1) is 0 Å². The van der Waals surface area contributed by atoms with Crippen LogP contribution in [0.3, 0.4) is 0 Å². The number of carbonyl (C=O) groups is 2. The molecule has 2 aliphatic rings. The molecule has 3 rings (SSSR count). The van der Waals surface area contributed by atoms with Gasteiger partial charge >= 0.3 is 6.09 Å². The van der Waals surface area contributed by atoms with E-state index in [1.165, 1.54) is 0 Å². The molecule has 1 N–H and O–H groups in total. The predicted octanol–water partition coefficient (Wildman–Crippen LogP) is 1.86. The number of ether oxygens (including phenoxy) is 1. The first-order valence-corrected chi connectivity index (χ1v) is 8.00. The fourth-order valence-electron chi connectivity index (χ4n) is 2.98. The first kappa shape index (κ1) is 15.7. The molecule has 6 nitrogen and oxygen atoms in total. The van der Waals surface area contributed by atoms with Gasteiger partial charge in [0.25, 0.3) is 0 Å². The van der Waals surface area contributed by atoms with Crippen molar-refractivity contribution in [3.05, 3.63) is 23.8 Å². The van der Waals surface area contributed by atoms with Crippen molar-refractivity contribution in [1.29, 1.82) is 0 Å². The molecule has 1 fully saturated rings. The summed E-state index contributed by atoms with van der Waals surface area (Å²) in [4.78, 5) is 27.7. The normalized spacial score (nSPS) is 19.6. The van der Waals surface area contributed by atoms with Crippen LogP contribution in [0.2, 0.25) is 0 Å². The lowest BCUT2D eigenvalue weighted by Gasteiger charge is -2.17. The Hall–Kier alpha value is -2.15. The number of nitrogens with zero attached hydrogens (tertiary/aromatic N) is 2. The number of fused-ring (bicyclic) bond motifs is 1. The molecule has 0 spiro atoms. The van der Waals surface area contributed by atoms with E-state index >= 15 is 0 Å². The second-order valence-corrected chi connectivity index (χ2v) is 6.40. The zero-order valence-corrected chi connectivity index (χ0v) is 14.0. The van der Waals surface area contributed by atoms with Crippen molar-refractivity contribution >= 4 is 40.6 Å². The summed E-state index contributed by atoms with van der Waals surface area (Å²) in [5, 5.41) is 3.02. The molecule has 1 atom stereocenters. The maximum Gasteiger partial charge on any atom is 0.414 e. The molecule has 2 amide bonds. The van der Waals surface area contributed by atoms with Gasteiger partial charge in [-0.3, -0.25) is 9.69 Å². The Labute approximate surface area is 140 Å². The van der Waals surface area contributed by atoms with Crippen molar-refractivity contribution in [1.82, 2.24) is 5.32 Å². The van der Waals surface area contributed by atoms with Gasteiger partial charge in [-0.05, 0) is 37.1 Å². The van der Waals surface area contributed by atoms with Crippen LogP contribution in [0.1, 0.15) is 19.4 Å². The molecule has 2 heterocycles. The van der Waals surface area contributed by atoms with Crippen LogP contribution in [0.5, 0.6) is 0 Å². The second kappa shape index (κ2) is 6.16. The number of amides is 2. The third-order valence-corrected chi connectivity index (χ3v) is 4.25. The van der Waals surface area contributed by atoms with Crippen LogP contribution in [0.15, 0.2) is 18.2 Å². The largest absolute Gasteiger partial charge is 0.442 e. The third kappa shape index (κ3) is 3.14. The number of cyclic esters (lactones) is 1. The van der Waals surface area contributed by atoms with Crippen molar-refractivity contribution in [3.8, 4) is 0 Å². The van der Waals surface area contributed by atoms with Crippen molar-refractivity contribution in [2.75, 3.05) is 29.4 Å². The molecule has 7 heteroatoms. The maximum atomic E-state index is 12.1. The monoisotopic (exact) mass is 333 g/mol. The Morgan fingerprint density at radius 1 is 1.43 bits per heavy atom. The van der Waals surface area contributed by atoms with E-state index in [4.69, 9.17) is 17.0 Å². The number of hydrogen-bond acceptors (Lipinski definition) is 4. The molecule has 2 aliphatic heterocycles. The lowest BCUT2D eigenvalue weighted by molar-refractivity contribution is -0.116. The van der Waals surface area contributed by atoms with Gasteiger partial charge in [0.05, 0.1) is 18.1 Å². The molecule has 0 aliphatic carbocycles. The van der Waals surface area contributed by atoms with Crippen LogP contribution in [0.4, 0.5) is 16.2 Å². The minimum Gasteiger partial charge on any atom is -0.442 e. The average molecular weight is 333 g/mol. The number of hydrogen-bond donors (Lipinski definition) is 1. The molecule has 0 radical (unpaired) electrons. The quantitative estimate of drug-likeness (QED) is 0.856. The topological polar surface area (TPSA) is 61.9 Å². The van der Waals surface area contributed by atoms with Gasteiger partial charge in [0, 0.05) is 24.8 Å². The Morgan fingerprint density at radius 3 is 2.91 bits per heavy atom. The molecule has 1 saturated heterocycles. The Morgan fingerprint density at radius 2 is 2.22 bits per heavy atom. The number of anilines is 2. The SMILES string of the molecule is CC(=O)N1CCc2cc(N3CC(CNC(C)=S)OC3=O)ccc21. The van der Waals surface area contributed by atoms with E-state index in [1.54, 1.807) is 23.6 Å². The Bertz CT molecular complexity index is 677. The predicted molar refractivity (Wildman–Crippen MR) is 92.1 cm³/mol. The van der Waals surface area contributed by atoms with Crippen LogP contribution in [0.25, 0.3) is 0 Å². The third-order valence-electron chi connectivity index (χ3n) is 4.10. The summed E-state index contributed by atoms with van der Waals surface area (Å²) in [5.41, 5.74) is 2.82. The molecule has 1 aromatic carbocycles. The van der Waals surface area contributed by atoms with E-state index in [-0.39, 0.29) is 18.1 Å². The highest BCUT2D eigenvalue weighted by Crippen LogP contribution is 2.33. The molecule has 1 unspecified atom stereocenters. The summed E-state index contributed by atoms with van der Waals surface area (Å²) in [6, 6.07) is 5.74. The maximum absolute atomic E-state index is 12.1. The minimum absolute atomic E-state index is 0.0405. The standard InChI is InChI=1S/C16H19N3O3S/c1-10(23)17-8-14-9-19(16(21)22-14)13-3-4-15-12(7-13)5-6-18(15)11(2)20/h3-4,7,14H,5-6,8-9H2,1-2H3,(H,17,23). The molecule has 23 heavy (non-hydrogen) atoms. The zero-order valence-electron chi connectivity index (χ0n) is 13.2. The smallest absolute Gasteiger partial charge is 0.414 e. The van der Waals surface area contributed by atoms with Crippen LogP contribution in [-0.2, 0) is 16.0 Å². The van der Waals surface area contributed by atoms with Gasteiger partial charge in [-0.1, -0.05) is 12.2 Å². The second-order valence-electron chi connectivity index (χ2n) is 5.79. The first-order chi connectivity index (χ1) is 11.0. The van der Waals surface area contributed by atoms with Crippen molar-refractivity contribution in [3.63, 3.8) is 0 Å². The first-order valence-electron chi connectivity index (χ1n) is 7.59. The minimum atomic E-state index is -0.347. The van der Waals surface area contributed by atoms with E-state index < -0.39 is 0 Å². The highest BCUT2D eigenvalue weighted by atomic mass is 32.1. The average Bonchev–Trinajstić information content (AvgIpc) is 3.07. The summed E-state index contributed by atoms with van der Waals surface area (Å²) in [5.74, 6) is 0.0405. The van der Waals surface area contributed by atoms with Gasteiger partial charge in [0.2, 0.25) is 5.91 Å². The van der Waals surface area contributed by atoms with E-state index in [0.717, 1.165) is 23.4 Å². The highest BCUT2D eigenvalue weighted by molar-refractivity contribution is 7.80. The van der Waals surface area contributed by atoms with Gasteiger partial charge < -0.3 is 15.0 Å². The number of thiocarbonyl (C=S) groups is 1. The summed E-state index contributed by atoms with van der Waals surface area (Å²) >= 11 is 4.97. The number of rotatable bonds is 3.